The van der Waals surface area contributed by atoms with E-state index in [4.69, 9.17) is 5.73 Å². The lowest BCUT2D eigenvalue weighted by Gasteiger charge is -2.09. The average molecular weight is 238 g/mol. The average Bonchev–Trinajstić information content (AvgIpc) is 2.40. The van der Waals surface area contributed by atoms with Gasteiger partial charge in [0.05, 0.1) is 0 Å². The zero-order valence-electron chi connectivity index (χ0n) is 9.45. The number of hydrogen-bond donors (Lipinski definition) is 1. The van der Waals surface area contributed by atoms with Gasteiger partial charge in [0.25, 0.3) is 0 Å². The predicted octanol–water partition coefficient (Wildman–Crippen LogP) is 1.36. The summed E-state index contributed by atoms with van der Waals surface area (Å²) in [4.78, 5) is 19.8. The Morgan fingerprint density at radius 1 is 1.06 bits per heavy atom. The number of pyridine rings is 1. The third-order valence-electron chi connectivity index (χ3n) is 2.74. The maximum Gasteiger partial charge on any atom is 0.194 e. The van der Waals surface area contributed by atoms with Crippen molar-refractivity contribution >= 4 is 16.9 Å². The Morgan fingerprint density at radius 3 is 2.61 bits per heavy atom. The fourth-order valence-corrected chi connectivity index (χ4v) is 1.90. The molecule has 3 rings (SSSR count). The number of nitrogen functional groups attached to an aromatic ring is 1. The number of nitrogens with two attached hydrogens (primary N) is 1. The van der Waals surface area contributed by atoms with Crippen LogP contribution >= 0.6 is 0 Å². The van der Waals surface area contributed by atoms with E-state index in [0.717, 1.165) is 5.69 Å². The summed E-state index contributed by atoms with van der Waals surface area (Å²) in [5, 5.41) is 0.351. The van der Waals surface area contributed by atoms with Gasteiger partial charge in [0.1, 0.15) is 17.5 Å². The number of rotatable bonds is 1. The first-order chi connectivity index (χ1) is 8.77. The minimum atomic E-state index is -0.171. The zero-order valence-corrected chi connectivity index (χ0v) is 9.45. The van der Waals surface area contributed by atoms with E-state index in [2.05, 4.69) is 9.97 Å². The van der Waals surface area contributed by atoms with Crippen molar-refractivity contribution in [2.75, 3.05) is 5.73 Å². The Balaban J connectivity index is 2.43. The minimum Gasteiger partial charge on any atom is -0.383 e. The summed E-state index contributed by atoms with van der Waals surface area (Å²) in [6, 6.07) is 11.1. The van der Waals surface area contributed by atoms with Crippen molar-refractivity contribution in [3.63, 3.8) is 0 Å². The van der Waals surface area contributed by atoms with Gasteiger partial charge in [-0.25, -0.2) is 9.97 Å². The quantitative estimate of drug-likeness (QED) is 0.694. The number of para-hydroxylation sites is 1. The second-order valence-electron chi connectivity index (χ2n) is 3.84. The number of benzene rings is 1. The molecule has 0 aliphatic carbocycles. The first-order valence-electron chi connectivity index (χ1n) is 5.44. The Labute approximate surface area is 103 Å². The highest BCUT2D eigenvalue weighted by Crippen LogP contribution is 2.16. The Bertz CT molecular complexity index is 765. The molecule has 0 fully saturated rings. The van der Waals surface area contributed by atoms with Gasteiger partial charge in [-0.1, -0.05) is 18.2 Å². The summed E-state index contributed by atoms with van der Waals surface area (Å²) in [7, 11) is 0. The highest BCUT2D eigenvalue weighted by Gasteiger charge is 2.08. The van der Waals surface area contributed by atoms with Crippen molar-refractivity contribution in [3.8, 4) is 5.69 Å². The molecule has 0 amide bonds. The van der Waals surface area contributed by atoms with Crippen molar-refractivity contribution in [2.45, 2.75) is 0 Å². The van der Waals surface area contributed by atoms with Crippen LogP contribution in [0, 0.1) is 0 Å². The molecule has 0 saturated carbocycles. The number of anilines is 1. The van der Waals surface area contributed by atoms with Crippen LogP contribution in [-0.4, -0.2) is 14.5 Å². The van der Waals surface area contributed by atoms with Gasteiger partial charge in [-0.05, 0) is 12.1 Å². The van der Waals surface area contributed by atoms with E-state index in [1.807, 2.05) is 34.9 Å². The number of fused-ring (bicyclic) bond motifs is 1. The molecule has 0 atom stereocenters. The molecule has 0 bridgehead atoms. The Morgan fingerprint density at radius 2 is 1.83 bits per heavy atom. The fourth-order valence-electron chi connectivity index (χ4n) is 1.90. The van der Waals surface area contributed by atoms with Gasteiger partial charge in [-0.15, -0.1) is 0 Å². The van der Waals surface area contributed by atoms with Crippen molar-refractivity contribution in [3.05, 3.63) is 59.1 Å². The third-order valence-corrected chi connectivity index (χ3v) is 2.74. The van der Waals surface area contributed by atoms with Gasteiger partial charge in [0.15, 0.2) is 11.1 Å². The standard InChI is InChI=1S/C13H10N4O/c14-12-11-10(18)6-7-17(13(11)16-8-15-12)9-4-2-1-3-5-9/h1-8H,(H2,14,15,16). The van der Waals surface area contributed by atoms with E-state index >= 15 is 0 Å². The van der Waals surface area contributed by atoms with Crippen LogP contribution in [0.4, 0.5) is 5.82 Å². The molecule has 0 aliphatic heterocycles. The molecule has 0 unspecified atom stereocenters. The number of aromatic nitrogens is 3. The van der Waals surface area contributed by atoms with Gasteiger partial charge >= 0.3 is 0 Å². The summed E-state index contributed by atoms with van der Waals surface area (Å²) < 4.78 is 1.81. The lowest BCUT2D eigenvalue weighted by Crippen LogP contribution is -2.11. The molecule has 1 aromatic carbocycles. The molecule has 5 nitrogen and oxygen atoms in total. The third kappa shape index (κ3) is 1.53. The van der Waals surface area contributed by atoms with E-state index in [0.29, 0.717) is 11.0 Å². The van der Waals surface area contributed by atoms with Crippen molar-refractivity contribution < 1.29 is 0 Å². The first-order valence-corrected chi connectivity index (χ1v) is 5.44. The Hall–Kier alpha value is -2.69. The van der Waals surface area contributed by atoms with Crippen molar-refractivity contribution in [2.24, 2.45) is 0 Å². The minimum absolute atomic E-state index is 0.171. The fraction of sp³-hybridized carbons (Fsp3) is 0. The molecule has 0 spiro atoms. The van der Waals surface area contributed by atoms with E-state index in [1.165, 1.54) is 12.4 Å². The monoisotopic (exact) mass is 238 g/mol. The van der Waals surface area contributed by atoms with Gasteiger partial charge in [0, 0.05) is 18.0 Å². The van der Waals surface area contributed by atoms with Crippen molar-refractivity contribution in [1.29, 1.82) is 0 Å². The largest absolute Gasteiger partial charge is 0.383 e. The molecule has 18 heavy (non-hydrogen) atoms. The van der Waals surface area contributed by atoms with Gasteiger partial charge < -0.3 is 10.3 Å². The second-order valence-corrected chi connectivity index (χ2v) is 3.84. The number of hydrogen-bond acceptors (Lipinski definition) is 4. The van der Waals surface area contributed by atoms with Gasteiger partial charge in [0.2, 0.25) is 0 Å². The van der Waals surface area contributed by atoms with Crippen LogP contribution < -0.4 is 11.2 Å². The maximum atomic E-state index is 11.8. The molecular weight excluding hydrogens is 228 g/mol. The molecule has 2 N–H and O–H groups in total. The molecule has 0 radical (unpaired) electrons. The second kappa shape index (κ2) is 3.96. The summed E-state index contributed by atoms with van der Waals surface area (Å²) in [6.45, 7) is 0. The molecule has 5 heteroatoms. The topological polar surface area (TPSA) is 73.8 Å². The molecule has 2 heterocycles. The van der Waals surface area contributed by atoms with Gasteiger partial charge in [-0.3, -0.25) is 4.79 Å². The van der Waals surface area contributed by atoms with Gasteiger partial charge in [-0.2, -0.15) is 0 Å². The van der Waals surface area contributed by atoms with Crippen molar-refractivity contribution in [1.82, 2.24) is 14.5 Å². The van der Waals surface area contributed by atoms with Crippen LogP contribution in [0.5, 0.6) is 0 Å². The smallest absolute Gasteiger partial charge is 0.194 e. The van der Waals surface area contributed by atoms with Crippen LogP contribution in [0.1, 0.15) is 0 Å². The van der Waals surface area contributed by atoms with E-state index in [-0.39, 0.29) is 11.2 Å². The summed E-state index contributed by atoms with van der Waals surface area (Å²) in [6.07, 6.45) is 3.04. The van der Waals surface area contributed by atoms with Crippen LogP contribution in [0.15, 0.2) is 53.7 Å². The molecule has 88 valence electrons. The van der Waals surface area contributed by atoms with E-state index < -0.39 is 0 Å². The summed E-state index contributed by atoms with van der Waals surface area (Å²) in [5.41, 5.74) is 7.00. The zero-order chi connectivity index (χ0) is 12.5. The summed E-state index contributed by atoms with van der Waals surface area (Å²) >= 11 is 0. The lowest BCUT2D eigenvalue weighted by atomic mass is 10.2. The first kappa shape index (κ1) is 10.5. The maximum absolute atomic E-state index is 11.8. The number of nitrogens with zero attached hydrogens (tertiary/aromatic N) is 3. The lowest BCUT2D eigenvalue weighted by molar-refractivity contribution is 1.05. The molecule has 0 saturated heterocycles. The molecular formula is C13H10N4O. The molecule has 0 aliphatic rings. The molecule has 3 aromatic rings. The normalized spacial score (nSPS) is 10.7. The van der Waals surface area contributed by atoms with Crippen LogP contribution in [0.25, 0.3) is 16.7 Å². The predicted molar refractivity (Wildman–Crippen MR) is 69.5 cm³/mol. The Kier molecular flexibility index (Phi) is 2.30. The summed E-state index contributed by atoms with van der Waals surface area (Å²) in [5.74, 6) is 0.204. The SMILES string of the molecule is Nc1ncnc2c1c(=O)ccn2-c1ccccc1. The van der Waals surface area contributed by atoms with Crippen LogP contribution in [-0.2, 0) is 0 Å². The van der Waals surface area contributed by atoms with Crippen LogP contribution in [0.3, 0.4) is 0 Å². The van der Waals surface area contributed by atoms with E-state index in [1.54, 1.807) is 6.20 Å². The van der Waals surface area contributed by atoms with Crippen LogP contribution in [0.2, 0.25) is 0 Å². The molecule has 2 aromatic heterocycles. The highest BCUT2D eigenvalue weighted by molar-refractivity contribution is 5.85. The van der Waals surface area contributed by atoms with E-state index in [9.17, 15) is 4.79 Å². The highest BCUT2D eigenvalue weighted by atomic mass is 16.1.